The first-order valence-corrected chi connectivity index (χ1v) is 7.28. The van der Waals surface area contributed by atoms with Gasteiger partial charge in [0.1, 0.15) is 0 Å². The van der Waals surface area contributed by atoms with Gasteiger partial charge in [-0.2, -0.15) is 0 Å². The quantitative estimate of drug-likeness (QED) is 0.519. The average Bonchev–Trinajstić information content (AvgIpc) is 2.62. The first-order chi connectivity index (χ1) is 10.9. The number of rotatable bonds is 2. The Morgan fingerprint density at radius 2 is 1.27 bits per heavy atom. The van der Waals surface area contributed by atoms with E-state index in [1.54, 1.807) is 6.20 Å². The van der Waals surface area contributed by atoms with E-state index in [4.69, 9.17) is 0 Å². The molecule has 0 unspecified atom stereocenters. The third-order valence-electron chi connectivity index (χ3n) is 3.75. The summed E-state index contributed by atoms with van der Waals surface area (Å²) < 4.78 is 0. The SMILES string of the molecule is c1ccc(-c2ccc(-c3ccc4cccnc4n3)cc2)cc1. The van der Waals surface area contributed by atoms with Crippen molar-refractivity contribution in [3.8, 4) is 22.4 Å². The zero-order valence-corrected chi connectivity index (χ0v) is 12.0. The molecule has 4 aromatic rings. The molecule has 0 spiro atoms. The first-order valence-electron chi connectivity index (χ1n) is 7.28. The number of nitrogens with zero attached hydrogens (tertiary/aromatic N) is 2. The lowest BCUT2D eigenvalue weighted by molar-refractivity contribution is 1.29. The Hall–Kier alpha value is -3.00. The second-order valence-corrected chi connectivity index (χ2v) is 5.19. The molecule has 2 aromatic heterocycles. The van der Waals surface area contributed by atoms with E-state index in [-0.39, 0.29) is 0 Å². The van der Waals surface area contributed by atoms with Crippen LogP contribution < -0.4 is 0 Å². The number of benzene rings is 2. The van der Waals surface area contributed by atoms with Gasteiger partial charge in [0, 0.05) is 17.1 Å². The minimum Gasteiger partial charge on any atom is -0.237 e. The molecule has 0 bridgehead atoms. The van der Waals surface area contributed by atoms with Crippen LogP contribution >= 0.6 is 0 Å². The Kier molecular flexibility index (Phi) is 3.13. The van der Waals surface area contributed by atoms with Gasteiger partial charge in [-0.25, -0.2) is 9.97 Å². The van der Waals surface area contributed by atoms with E-state index in [0.29, 0.717) is 0 Å². The molecule has 0 saturated carbocycles. The largest absolute Gasteiger partial charge is 0.237 e. The van der Waals surface area contributed by atoms with Crippen LogP contribution in [0.4, 0.5) is 0 Å². The molecule has 0 N–H and O–H groups in total. The fourth-order valence-electron chi connectivity index (χ4n) is 2.58. The second kappa shape index (κ2) is 5.41. The molecule has 4 rings (SSSR count). The van der Waals surface area contributed by atoms with Gasteiger partial charge in [0.15, 0.2) is 5.65 Å². The number of pyridine rings is 2. The first kappa shape index (κ1) is 12.7. The van der Waals surface area contributed by atoms with Gasteiger partial charge in [-0.05, 0) is 35.4 Å². The van der Waals surface area contributed by atoms with Crippen LogP contribution in [-0.2, 0) is 0 Å². The minimum atomic E-state index is 0.784. The molecule has 2 nitrogen and oxygen atoms in total. The number of hydrogen-bond acceptors (Lipinski definition) is 2. The summed E-state index contributed by atoms with van der Waals surface area (Å²) in [6.07, 6.45) is 1.78. The summed E-state index contributed by atoms with van der Waals surface area (Å²) in [5.41, 5.74) is 5.27. The highest BCUT2D eigenvalue weighted by Gasteiger charge is 2.03. The van der Waals surface area contributed by atoms with Gasteiger partial charge in [-0.1, -0.05) is 54.6 Å². The van der Waals surface area contributed by atoms with E-state index in [2.05, 4.69) is 64.6 Å². The summed E-state index contributed by atoms with van der Waals surface area (Å²) >= 11 is 0. The van der Waals surface area contributed by atoms with Gasteiger partial charge < -0.3 is 0 Å². The van der Waals surface area contributed by atoms with Crippen molar-refractivity contribution in [3.63, 3.8) is 0 Å². The fourth-order valence-corrected chi connectivity index (χ4v) is 2.58. The highest BCUT2D eigenvalue weighted by Crippen LogP contribution is 2.24. The summed E-state index contributed by atoms with van der Waals surface area (Å²) in [5, 5.41) is 1.06. The van der Waals surface area contributed by atoms with Crippen LogP contribution in [0.2, 0.25) is 0 Å². The predicted molar refractivity (Wildman–Crippen MR) is 90.4 cm³/mol. The summed E-state index contributed by atoms with van der Waals surface area (Å²) in [4.78, 5) is 8.96. The highest BCUT2D eigenvalue weighted by molar-refractivity contribution is 5.78. The maximum absolute atomic E-state index is 4.64. The normalized spacial score (nSPS) is 10.7. The van der Waals surface area contributed by atoms with Crippen molar-refractivity contribution in [2.75, 3.05) is 0 Å². The van der Waals surface area contributed by atoms with Crippen LogP contribution in [0.1, 0.15) is 0 Å². The monoisotopic (exact) mass is 282 g/mol. The van der Waals surface area contributed by atoms with E-state index in [1.807, 2.05) is 24.3 Å². The molecular weight excluding hydrogens is 268 g/mol. The molecule has 2 aromatic carbocycles. The van der Waals surface area contributed by atoms with Crippen molar-refractivity contribution in [1.29, 1.82) is 0 Å². The zero-order valence-electron chi connectivity index (χ0n) is 12.0. The van der Waals surface area contributed by atoms with Crippen LogP contribution in [0.25, 0.3) is 33.4 Å². The van der Waals surface area contributed by atoms with Crippen molar-refractivity contribution >= 4 is 11.0 Å². The van der Waals surface area contributed by atoms with Crippen LogP contribution in [0.3, 0.4) is 0 Å². The van der Waals surface area contributed by atoms with Gasteiger partial charge in [0.2, 0.25) is 0 Å². The Morgan fingerprint density at radius 3 is 2.09 bits per heavy atom. The Balaban J connectivity index is 1.73. The molecule has 0 radical (unpaired) electrons. The molecule has 0 amide bonds. The minimum absolute atomic E-state index is 0.784. The molecule has 0 atom stereocenters. The molecule has 2 heterocycles. The maximum atomic E-state index is 4.64. The number of fused-ring (bicyclic) bond motifs is 1. The third-order valence-corrected chi connectivity index (χ3v) is 3.75. The van der Waals surface area contributed by atoms with Crippen molar-refractivity contribution in [2.24, 2.45) is 0 Å². The van der Waals surface area contributed by atoms with Crippen LogP contribution in [0.5, 0.6) is 0 Å². The predicted octanol–water partition coefficient (Wildman–Crippen LogP) is 4.96. The number of aromatic nitrogens is 2. The Bertz CT molecular complexity index is 913. The van der Waals surface area contributed by atoms with Gasteiger partial charge in [0.05, 0.1) is 5.69 Å². The molecule has 22 heavy (non-hydrogen) atoms. The van der Waals surface area contributed by atoms with Crippen molar-refractivity contribution in [2.45, 2.75) is 0 Å². The van der Waals surface area contributed by atoms with Gasteiger partial charge in [-0.3, -0.25) is 0 Å². The van der Waals surface area contributed by atoms with Crippen molar-refractivity contribution in [3.05, 3.63) is 85.1 Å². The van der Waals surface area contributed by atoms with Crippen LogP contribution in [-0.4, -0.2) is 9.97 Å². The van der Waals surface area contributed by atoms with Gasteiger partial charge in [-0.15, -0.1) is 0 Å². The lowest BCUT2D eigenvalue weighted by atomic mass is 10.0. The van der Waals surface area contributed by atoms with E-state index in [0.717, 1.165) is 22.3 Å². The second-order valence-electron chi connectivity index (χ2n) is 5.19. The van der Waals surface area contributed by atoms with Crippen LogP contribution in [0.15, 0.2) is 85.1 Å². The lowest BCUT2D eigenvalue weighted by Gasteiger charge is -2.05. The molecule has 104 valence electrons. The van der Waals surface area contributed by atoms with Gasteiger partial charge in [0.25, 0.3) is 0 Å². The molecule has 0 aliphatic carbocycles. The topological polar surface area (TPSA) is 25.8 Å². The van der Waals surface area contributed by atoms with Crippen LogP contribution in [0, 0.1) is 0 Å². The molecule has 0 saturated heterocycles. The average molecular weight is 282 g/mol. The summed E-state index contributed by atoms with van der Waals surface area (Å²) in [5.74, 6) is 0. The molecule has 0 aliphatic rings. The molecule has 2 heteroatoms. The Morgan fingerprint density at radius 1 is 0.545 bits per heavy atom. The zero-order chi connectivity index (χ0) is 14.8. The Labute approximate surface area is 129 Å². The summed E-state index contributed by atoms with van der Waals surface area (Å²) in [7, 11) is 0. The third kappa shape index (κ3) is 2.35. The molecular formula is C20H14N2. The van der Waals surface area contributed by atoms with E-state index >= 15 is 0 Å². The molecule has 0 fully saturated rings. The molecule has 0 aliphatic heterocycles. The van der Waals surface area contributed by atoms with Gasteiger partial charge >= 0.3 is 0 Å². The standard InChI is InChI=1S/C20H14N2/c1-2-5-15(6-3-1)16-8-10-17(11-9-16)19-13-12-18-7-4-14-21-20(18)22-19/h1-14H. The number of hydrogen-bond donors (Lipinski definition) is 0. The van der Waals surface area contributed by atoms with E-state index in [9.17, 15) is 0 Å². The van der Waals surface area contributed by atoms with E-state index in [1.165, 1.54) is 11.1 Å². The summed E-state index contributed by atoms with van der Waals surface area (Å²) in [6.45, 7) is 0. The highest BCUT2D eigenvalue weighted by atomic mass is 14.8. The van der Waals surface area contributed by atoms with Crippen molar-refractivity contribution < 1.29 is 0 Å². The maximum Gasteiger partial charge on any atom is 0.159 e. The lowest BCUT2D eigenvalue weighted by Crippen LogP contribution is -1.87. The van der Waals surface area contributed by atoms with E-state index < -0.39 is 0 Å². The summed E-state index contributed by atoms with van der Waals surface area (Å²) in [6, 6.07) is 26.9. The smallest absolute Gasteiger partial charge is 0.159 e. The fraction of sp³-hybridized carbons (Fsp3) is 0. The van der Waals surface area contributed by atoms with Crippen molar-refractivity contribution in [1.82, 2.24) is 9.97 Å².